The number of anilines is 1. The van der Waals surface area contributed by atoms with E-state index in [9.17, 15) is 4.79 Å². The number of nitriles is 1. The van der Waals surface area contributed by atoms with Gasteiger partial charge in [-0.15, -0.1) is 0 Å². The van der Waals surface area contributed by atoms with Gasteiger partial charge in [0, 0.05) is 17.1 Å². The Bertz CT molecular complexity index is 566. The summed E-state index contributed by atoms with van der Waals surface area (Å²) >= 11 is 5.91. The number of hydrogen-bond acceptors (Lipinski definition) is 3. The van der Waals surface area contributed by atoms with E-state index in [-0.39, 0.29) is 17.9 Å². The second-order valence-electron chi connectivity index (χ2n) is 5.18. The van der Waals surface area contributed by atoms with E-state index in [4.69, 9.17) is 16.9 Å². The molecule has 0 aliphatic carbocycles. The van der Waals surface area contributed by atoms with Crippen LogP contribution in [-0.4, -0.2) is 18.0 Å². The molecule has 0 spiro atoms. The van der Waals surface area contributed by atoms with Crippen LogP contribution in [0.1, 0.15) is 24.8 Å². The van der Waals surface area contributed by atoms with Crippen molar-refractivity contribution in [3.8, 4) is 6.07 Å². The van der Waals surface area contributed by atoms with Gasteiger partial charge in [0.1, 0.15) is 6.07 Å². The average Bonchev–Trinajstić information content (AvgIpc) is 3.01. The Labute approximate surface area is 116 Å². The molecule has 2 saturated heterocycles. The first-order valence-corrected chi connectivity index (χ1v) is 6.82. The molecule has 1 aromatic rings. The zero-order chi connectivity index (χ0) is 13.4. The first-order chi connectivity index (χ1) is 9.17. The Balaban J connectivity index is 1.76. The third-order valence-electron chi connectivity index (χ3n) is 4.00. The summed E-state index contributed by atoms with van der Waals surface area (Å²) in [6.45, 7) is 0. The molecule has 2 bridgehead atoms. The van der Waals surface area contributed by atoms with Crippen molar-refractivity contribution >= 4 is 23.2 Å². The van der Waals surface area contributed by atoms with Crippen molar-refractivity contribution in [2.45, 2.75) is 31.3 Å². The van der Waals surface area contributed by atoms with Crippen molar-refractivity contribution in [2.75, 3.05) is 5.32 Å². The topological polar surface area (TPSA) is 64.9 Å². The van der Waals surface area contributed by atoms with Crippen LogP contribution in [0.5, 0.6) is 0 Å². The maximum atomic E-state index is 12.3. The van der Waals surface area contributed by atoms with Gasteiger partial charge in [-0.25, -0.2) is 0 Å². The summed E-state index contributed by atoms with van der Waals surface area (Å²) in [7, 11) is 0. The van der Waals surface area contributed by atoms with Gasteiger partial charge >= 0.3 is 0 Å². The minimum absolute atomic E-state index is 0.00396. The lowest BCUT2D eigenvalue weighted by Gasteiger charge is -2.19. The predicted octanol–water partition coefficient (Wildman–Crippen LogP) is 2.29. The number of benzene rings is 1. The van der Waals surface area contributed by atoms with Gasteiger partial charge in [0.05, 0.1) is 17.2 Å². The molecule has 3 unspecified atom stereocenters. The molecule has 0 radical (unpaired) electrons. The quantitative estimate of drug-likeness (QED) is 0.870. The summed E-state index contributed by atoms with van der Waals surface area (Å²) in [6, 6.07) is 7.73. The number of hydrogen-bond donors (Lipinski definition) is 2. The van der Waals surface area contributed by atoms with Gasteiger partial charge in [0.2, 0.25) is 5.91 Å². The van der Waals surface area contributed by atoms with Gasteiger partial charge in [-0.2, -0.15) is 5.26 Å². The largest absolute Gasteiger partial charge is 0.325 e. The van der Waals surface area contributed by atoms with E-state index < -0.39 is 0 Å². The number of carbonyl (C=O) groups excluding carboxylic acids is 1. The van der Waals surface area contributed by atoms with Crippen LogP contribution in [0.3, 0.4) is 0 Å². The minimum atomic E-state index is -0.0153. The predicted molar refractivity (Wildman–Crippen MR) is 72.8 cm³/mol. The van der Waals surface area contributed by atoms with E-state index in [0.717, 1.165) is 19.3 Å². The first kappa shape index (κ1) is 12.5. The van der Waals surface area contributed by atoms with Crippen LogP contribution in [0.4, 0.5) is 5.69 Å². The molecule has 3 atom stereocenters. The highest BCUT2D eigenvalue weighted by Gasteiger charge is 2.42. The summed E-state index contributed by atoms with van der Waals surface area (Å²) in [5.41, 5.74) is 0.941. The lowest BCUT2D eigenvalue weighted by molar-refractivity contribution is -0.120. The van der Waals surface area contributed by atoms with Crippen molar-refractivity contribution in [3.63, 3.8) is 0 Å². The van der Waals surface area contributed by atoms with E-state index in [0.29, 0.717) is 22.3 Å². The molecule has 1 amide bonds. The fourth-order valence-electron chi connectivity index (χ4n) is 3.06. The molecule has 3 rings (SSSR count). The zero-order valence-electron chi connectivity index (χ0n) is 10.3. The smallest absolute Gasteiger partial charge is 0.229 e. The van der Waals surface area contributed by atoms with Crippen LogP contribution in [0, 0.1) is 17.2 Å². The van der Waals surface area contributed by atoms with Crippen molar-refractivity contribution in [1.29, 1.82) is 5.26 Å². The highest BCUT2D eigenvalue weighted by atomic mass is 35.5. The van der Waals surface area contributed by atoms with Crippen LogP contribution >= 0.6 is 11.6 Å². The van der Waals surface area contributed by atoms with Gasteiger partial charge in [0.25, 0.3) is 0 Å². The van der Waals surface area contributed by atoms with Crippen molar-refractivity contribution in [3.05, 3.63) is 28.8 Å². The Kier molecular flexibility index (Phi) is 3.17. The number of carbonyl (C=O) groups is 1. The van der Waals surface area contributed by atoms with Crippen LogP contribution in [-0.2, 0) is 4.79 Å². The average molecular weight is 276 g/mol. The summed E-state index contributed by atoms with van der Waals surface area (Å²) in [4.78, 5) is 12.3. The fourth-order valence-corrected chi connectivity index (χ4v) is 3.23. The second kappa shape index (κ2) is 4.84. The van der Waals surface area contributed by atoms with Gasteiger partial charge in [-0.3, -0.25) is 4.79 Å². The Hall–Kier alpha value is -1.57. The molecule has 4 nitrogen and oxygen atoms in total. The summed E-state index contributed by atoms with van der Waals surface area (Å²) in [5, 5.41) is 15.8. The van der Waals surface area contributed by atoms with Crippen LogP contribution < -0.4 is 10.6 Å². The number of amides is 1. The Morgan fingerprint density at radius 2 is 2.32 bits per heavy atom. The maximum absolute atomic E-state index is 12.3. The van der Waals surface area contributed by atoms with Crippen LogP contribution in [0.25, 0.3) is 0 Å². The molecule has 2 heterocycles. The molecule has 19 heavy (non-hydrogen) atoms. The van der Waals surface area contributed by atoms with E-state index >= 15 is 0 Å². The van der Waals surface area contributed by atoms with Crippen LogP contribution in [0.2, 0.25) is 5.02 Å². The highest BCUT2D eigenvalue weighted by molar-refractivity contribution is 6.31. The highest BCUT2D eigenvalue weighted by Crippen LogP contribution is 2.34. The minimum Gasteiger partial charge on any atom is -0.325 e. The second-order valence-corrected chi connectivity index (χ2v) is 5.62. The lowest BCUT2D eigenvalue weighted by atomic mass is 9.88. The van der Waals surface area contributed by atoms with E-state index in [1.54, 1.807) is 18.2 Å². The number of nitrogens with one attached hydrogen (secondary N) is 2. The molecular formula is C14H14ClN3O. The Morgan fingerprint density at radius 3 is 2.95 bits per heavy atom. The van der Waals surface area contributed by atoms with Gasteiger partial charge in [-0.05, 0) is 37.5 Å². The van der Waals surface area contributed by atoms with Gasteiger partial charge < -0.3 is 10.6 Å². The number of nitrogens with zero attached hydrogens (tertiary/aromatic N) is 1. The van der Waals surface area contributed by atoms with Crippen molar-refractivity contribution in [2.24, 2.45) is 5.92 Å². The molecule has 5 heteroatoms. The number of halogens is 1. The molecule has 98 valence electrons. The van der Waals surface area contributed by atoms with E-state index in [2.05, 4.69) is 16.7 Å². The van der Waals surface area contributed by atoms with Crippen LogP contribution in [0.15, 0.2) is 18.2 Å². The summed E-state index contributed by atoms with van der Waals surface area (Å²) in [6.07, 6.45) is 3.11. The zero-order valence-corrected chi connectivity index (χ0v) is 11.1. The van der Waals surface area contributed by atoms with E-state index in [1.807, 2.05) is 0 Å². The van der Waals surface area contributed by atoms with Gasteiger partial charge in [0.15, 0.2) is 0 Å². The summed E-state index contributed by atoms with van der Waals surface area (Å²) < 4.78 is 0. The molecule has 2 aliphatic rings. The van der Waals surface area contributed by atoms with Crippen molar-refractivity contribution in [1.82, 2.24) is 5.32 Å². The molecule has 2 aliphatic heterocycles. The van der Waals surface area contributed by atoms with E-state index in [1.165, 1.54) is 0 Å². The Morgan fingerprint density at radius 1 is 1.47 bits per heavy atom. The third kappa shape index (κ3) is 2.32. The summed E-state index contributed by atoms with van der Waals surface area (Å²) in [5.74, 6) is -0.0114. The van der Waals surface area contributed by atoms with Crippen molar-refractivity contribution < 1.29 is 4.79 Å². The standard InChI is InChI=1S/C14H14ClN3O/c15-9-2-1-8(7-16)13(5-9)18-14(19)11-6-10-3-4-12(11)17-10/h1-2,5,10-12,17H,3-4,6H2,(H,18,19). The maximum Gasteiger partial charge on any atom is 0.229 e. The first-order valence-electron chi connectivity index (χ1n) is 6.44. The normalized spacial score (nSPS) is 28.1. The molecule has 0 saturated carbocycles. The molecule has 2 N–H and O–H groups in total. The lowest BCUT2D eigenvalue weighted by Crippen LogP contribution is -2.33. The third-order valence-corrected chi connectivity index (χ3v) is 4.23. The molecule has 2 fully saturated rings. The molecule has 0 aromatic heterocycles. The SMILES string of the molecule is N#Cc1ccc(Cl)cc1NC(=O)C1CC2CCC1N2. The molecular weight excluding hydrogens is 262 g/mol. The number of rotatable bonds is 2. The van der Waals surface area contributed by atoms with Gasteiger partial charge in [-0.1, -0.05) is 11.6 Å². The monoisotopic (exact) mass is 275 g/mol. The molecule has 1 aromatic carbocycles. The number of fused-ring (bicyclic) bond motifs is 2. The fraction of sp³-hybridized carbons (Fsp3) is 0.429.